The Bertz CT molecular complexity index is 837. The molecule has 0 radical (unpaired) electrons. The molecule has 2 aromatic rings. The van der Waals surface area contributed by atoms with Gasteiger partial charge in [-0.3, -0.25) is 0 Å². The predicted molar refractivity (Wildman–Crippen MR) is 122 cm³/mol. The average molecular weight is 417 g/mol. The van der Waals surface area contributed by atoms with Crippen LogP contribution in [0.3, 0.4) is 0 Å². The lowest BCUT2D eigenvalue weighted by atomic mass is 10.1. The highest BCUT2D eigenvalue weighted by Crippen LogP contribution is 2.38. The van der Waals surface area contributed by atoms with E-state index in [0.29, 0.717) is 30.6 Å². The van der Waals surface area contributed by atoms with Gasteiger partial charge in [-0.2, -0.15) is 0 Å². The van der Waals surface area contributed by atoms with Crippen molar-refractivity contribution in [1.29, 1.82) is 0 Å². The molecule has 1 aromatic carbocycles. The normalized spacial score (nSPS) is 11.4. The summed E-state index contributed by atoms with van der Waals surface area (Å²) in [5.74, 6) is 0.322. The van der Waals surface area contributed by atoms with Crippen LogP contribution in [0.15, 0.2) is 39.6 Å². The molecule has 2 rings (SSSR count). The van der Waals surface area contributed by atoms with Gasteiger partial charge in [0, 0.05) is 0 Å². The molecular weight excluding hydrogens is 380 g/mol. The summed E-state index contributed by atoms with van der Waals surface area (Å²) in [5.41, 5.74) is -0.287. The molecule has 1 heterocycles. The molecule has 30 heavy (non-hydrogen) atoms. The van der Waals surface area contributed by atoms with Crippen LogP contribution in [-0.2, 0) is 0 Å². The number of benzene rings is 1. The summed E-state index contributed by atoms with van der Waals surface area (Å²) in [6.45, 7) is 5.10. The lowest BCUT2D eigenvalue weighted by Gasteiger charge is -2.14. The zero-order valence-electron chi connectivity index (χ0n) is 18.5. The number of rotatable bonds is 15. The smallest absolute Gasteiger partial charge is 0.383 e. The van der Waals surface area contributed by atoms with Crippen LogP contribution in [0.4, 0.5) is 0 Å². The van der Waals surface area contributed by atoms with E-state index in [1.807, 2.05) is 6.08 Å². The number of allylic oxidation sites excluding steroid dienone is 1. The summed E-state index contributed by atoms with van der Waals surface area (Å²) in [6, 6.07) is 4.83. The number of phenolic OH excluding ortho intramolecular Hbond substituents is 1. The van der Waals surface area contributed by atoms with Crippen LogP contribution in [0.5, 0.6) is 17.2 Å². The zero-order valence-corrected chi connectivity index (χ0v) is 18.5. The molecule has 5 heteroatoms. The Kier molecular flexibility index (Phi) is 10.9. The van der Waals surface area contributed by atoms with Crippen LogP contribution in [0.2, 0.25) is 0 Å². The summed E-state index contributed by atoms with van der Waals surface area (Å²) in [6.07, 6.45) is 15.3. The SMILES string of the molecule is CCC=CCCOc1c(OCCCCCCCCCC)c(=O)oc2cccc(O)c12. The average Bonchev–Trinajstić information content (AvgIpc) is 2.73. The zero-order chi connectivity index (χ0) is 21.6. The van der Waals surface area contributed by atoms with Crippen molar-refractivity contribution < 1.29 is 19.0 Å². The first-order chi connectivity index (χ1) is 14.7. The number of aromatic hydroxyl groups is 1. The van der Waals surface area contributed by atoms with E-state index in [1.54, 1.807) is 18.2 Å². The summed E-state index contributed by atoms with van der Waals surface area (Å²) < 4.78 is 17.0. The van der Waals surface area contributed by atoms with Gasteiger partial charge in [-0.05, 0) is 31.4 Å². The van der Waals surface area contributed by atoms with Gasteiger partial charge in [0.2, 0.25) is 5.75 Å². The second kappa shape index (κ2) is 13.7. The number of unbranched alkanes of at least 4 members (excludes halogenated alkanes) is 7. The molecule has 0 fully saturated rings. The summed E-state index contributed by atoms with van der Waals surface area (Å²) in [5, 5.41) is 10.7. The number of hydrogen-bond acceptors (Lipinski definition) is 5. The molecule has 0 aliphatic rings. The van der Waals surface area contributed by atoms with Crippen molar-refractivity contribution in [3.63, 3.8) is 0 Å². The Morgan fingerprint density at radius 3 is 2.33 bits per heavy atom. The van der Waals surface area contributed by atoms with Gasteiger partial charge in [-0.25, -0.2) is 4.79 Å². The molecule has 166 valence electrons. The molecule has 5 nitrogen and oxygen atoms in total. The standard InChI is InChI=1S/C25H36O5/c1-3-5-7-9-10-11-12-14-19-29-24-23(28-18-13-8-6-4-2)22-20(26)16-15-17-21(22)30-25(24)27/h6,8,15-17,26H,3-5,7,9-14,18-19H2,1-2H3. The third-order valence-electron chi connectivity index (χ3n) is 5.00. The molecule has 0 aliphatic heterocycles. The first kappa shape index (κ1) is 23.8. The molecular formula is C25H36O5. The van der Waals surface area contributed by atoms with Crippen molar-refractivity contribution in [1.82, 2.24) is 0 Å². The fourth-order valence-electron chi connectivity index (χ4n) is 3.37. The van der Waals surface area contributed by atoms with Crippen LogP contribution >= 0.6 is 0 Å². The number of ether oxygens (including phenoxy) is 2. The molecule has 0 aliphatic carbocycles. The van der Waals surface area contributed by atoms with Crippen molar-refractivity contribution in [2.24, 2.45) is 0 Å². The van der Waals surface area contributed by atoms with Crippen LogP contribution in [-0.4, -0.2) is 18.3 Å². The molecule has 0 amide bonds. The van der Waals surface area contributed by atoms with Gasteiger partial charge in [0.25, 0.3) is 0 Å². The third kappa shape index (κ3) is 7.43. The predicted octanol–water partition coefficient (Wildman–Crippen LogP) is 6.75. The Balaban J connectivity index is 2.01. The lowest BCUT2D eigenvalue weighted by molar-refractivity contribution is 0.255. The molecule has 0 bridgehead atoms. The quantitative estimate of drug-likeness (QED) is 0.197. The van der Waals surface area contributed by atoms with E-state index in [9.17, 15) is 9.90 Å². The summed E-state index contributed by atoms with van der Waals surface area (Å²) in [4.78, 5) is 12.5. The van der Waals surface area contributed by atoms with Gasteiger partial charge in [0.15, 0.2) is 5.75 Å². The Hall–Kier alpha value is -2.43. The maximum absolute atomic E-state index is 12.5. The first-order valence-corrected chi connectivity index (χ1v) is 11.4. The van der Waals surface area contributed by atoms with E-state index in [2.05, 4.69) is 19.9 Å². The second-order valence-corrected chi connectivity index (χ2v) is 7.54. The number of phenols is 1. The topological polar surface area (TPSA) is 68.9 Å². The molecule has 1 aromatic heterocycles. The minimum absolute atomic E-state index is 0.00674. The Labute approximate surface area is 179 Å². The highest BCUT2D eigenvalue weighted by molar-refractivity contribution is 5.91. The van der Waals surface area contributed by atoms with Crippen LogP contribution in [0, 0.1) is 0 Å². The Morgan fingerprint density at radius 1 is 0.900 bits per heavy atom. The van der Waals surface area contributed by atoms with E-state index in [0.717, 1.165) is 19.3 Å². The number of hydrogen-bond donors (Lipinski definition) is 1. The van der Waals surface area contributed by atoms with Gasteiger partial charge >= 0.3 is 5.63 Å². The van der Waals surface area contributed by atoms with Gasteiger partial charge in [0.05, 0.1) is 13.2 Å². The maximum atomic E-state index is 12.5. The molecule has 0 saturated carbocycles. The monoisotopic (exact) mass is 416 g/mol. The maximum Gasteiger partial charge on any atom is 0.383 e. The second-order valence-electron chi connectivity index (χ2n) is 7.54. The fourth-order valence-corrected chi connectivity index (χ4v) is 3.37. The van der Waals surface area contributed by atoms with E-state index in [1.165, 1.54) is 38.5 Å². The van der Waals surface area contributed by atoms with Gasteiger partial charge in [-0.15, -0.1) is 0 Å². The van der Waals surface area contributed by atoms with Gasteiger partial charge < -0.3 is 19.0 Å². The van der Waals surface area contributed by atoms with E-state index < -0.39 is 5.63 Å². The lowest BCUT2D eigenvalue weighted by Crippen LogP contribution is -2.11. The van der Waals surface area contributed by atoms with E-state index in [4.69, 9.17) is 13.9 Å². The molecule has 0 spiro atoms. The van der Waals surface area contributed by atoms with Crippen molar-refractivity contribution in [2.45, 2.75) is 78.1 Å². The highest BCUT2D eigenvalue weighted by atomic mass is 16.5. The summed E-state index contributed by atoms with van der Waals surface area (Å²) >= 11 is 0. The summed E-state index contributed by atoms with van der Waals surface area (Å²) in [7, 11) is 0. The minimum Gasteiger partial charge on any atom is -0.507 e. The van der Waals surface area contributed by atoms with Crippen molar-refractivity contribution in [3.8, 4) is 17.2 Å². The van der Waals surface area contributed by atoms with E-state index >= 15 is 0 Å². The van der Waals surface area contributed by atoms with Crippen LogP contribution in [0.1, 0.15) is 78.1 Å². The van der Waals surface area contributed by atoms with E-state index in [-0.39, 0.29) is 17.2 Å². The highest BCUT2D eigenvalue weighted by Gasteiger charge is 2.20. The molecule has 0 unspecified atom stereocenters. The number of fused-ring (bicyclic) bond motifs is 1. The largest absolute Gasteiger partial charge is 0.507 e. The van der Waals surface area contributed by atoms with Crippen molar-refractivity contribution in [3.05, 3.63) is 40.8 Å². The van der Waals surface area contributed by atoms with Gasteiger partial charge in [-0.1, -0.05) is 77.0 Å². The molecule has 0 saturated heterocycles. The van der Waals surface area contributed by atoms with Crippen LogP contribution < -0.4 is 15.1 Å². The van der Waals surface area contributed by atoms with Crippen LogP contribution in [0.25, 0.3) is 11.0 Å². The fraction of sp³-hybridized carbons (Fsp3) is 0.560. The first-order valence-electron chi connectivity index (χ1n) is 11.4. The Morgan fingerprint density at radius 2 is 1.60 bits per heavy atom. The van der Waals surface area contributed by atoms with Crippen molar-refractivity contribution in [2.75, 3.05) is 13.2 Å². The third-order valence-corrected chi connectivity index (χ3v) is 5.00. The van der Waals surface area contributed by atoms with Gasteiger partial charge in [0.1, 0.15) is 16.7 Å². The van der Waals surface area contributed by atoms with Crippen molar-refractivity contribution >= 4 is 11.0 Å². The molecule has 1 N–H and O–H groups in total. The minimum atomic E-state index is -0.577. The molecule has 0 atom stereocenters.